The molecule has 0 aliphatic rings. The molecular weight excluding hydrogens is 118 g/mol. The molecule has 3 heteroatoms. The Balaban J connectivity index is 3.32. The molecule has 0 fully saturated rings. The van der Waals surface area contributed by atoms with Crippen molar-refractivity contribution in [3.8, 4) is 0 Å². The number of hydrogen-bond acceptors (Lipinski definition) is 3. The van der Waals surface area contributed by atoms with Gasteiger partial charge in [0.05, 0.1) is 7.11 Å². The Morgan fingerprint density at radius 1 is 1.33 bits per heavy atom. The van der Waals surface area contributed by atoms with Crippen LogP contribution in [0.25, 0.3) is 0 Å². The second kappa shape index (κ2) is 4.73. The first-order chi connectivity index (χ1) is 4.22. The summed E-state index contributed by atoms with van der Waals surface area (Å²) >= 11 is 0. The van der Waals surface area contributed by atoms with Gasteiger partial charge >= 0.3 is 0 Å². The lowest BCUT2D eigenvalue weighted by molar-refractivity contribution is -0.304. The highest BCUT2D eigenvalue weighted by molar-refractivity contribution is 4.63. The molecule has 0 saturated carbocycles. The molecule has 0 heterocycles. The van der Waals surface area contributed by atoms with Crippen LogP contribution in [0.15, 0.2) is 0 Å². The Morgan fingerprint density at radius 3 is 2.22 bits per heavy atom. The van der Waals surface area contributed by atoms with Gasteiger partial charge in [-0.15, -0.1) is 0 Å². The van der Waals surface area contributed by atoms with Crippen molar-refractivity contribution in [3.05, 3.63) is 0 Å². The maximum absolute atomic E-state index is 4.83. The molecular formula is C6H15NO2. The summed E-state index contributed by atoms with van der Waals surface area (Å²) in [6.07, 6.45) is 0.0972. The number of hydrogen-bond donors (Lipinski definition) is 1. The molecule has 0 aromatic heterocycles. The predicted octanol–water partition coefficient (Wildman–Crippen LogP) is 0.561. The van der Waals surface area contributed by atoms with Gasteiger partial charge in [0.1, 0.15) is 6.10 Å². The SMILES string of the molecule is CN[C@@H](C)C(C)OOC. The maximum Gasteiger partial charge on any atom is 0.105 e. The Morgan fingerprint density at radius 2 is 1.89 bits per heavy atom. The van der Waals surface area contributed by atoms with Gasteiger partial charge in [0, 0.05) is 6.04 Å². The molecule has 0 aromatic carbocycles. The molecule has 1 unspecified atom stereocenters. The van der Waals surface area contributed by atoms with Crippen LogP contribution < -0.4 is 5.32 Å². The van der Waals surface area contributed by atoms with Gasteiger partial charge < -0.3 is 5.32 Å². The van der Waals surface area contributed by atoms with Crippen molar-refractivity contribution in [1.82, 2.24) is 5.32 Å². The molecule has 0 aliphatic carbocycles. The maximum atomic E-state index is 4.83. The molecule has 0 amide bonds. The third-order valence-corrected chi connectivity index (χ3v) is 1.41. The van der Waals surface area contributed by atoms with Crippen molar-refractivity contribution >= 4 is 0 Å². The summed E-state index contributed by atoms with van der Waals surface area (Å²) in [5, 5.41) is 3.04. The number of rotatable bonds is 4. The van der Waals surface area contributed by atoms with E-state index in [0.717, 1.165) is 0 Å². The van der Waals surface area contributed by atoms with Gasteiger partial charge in [-0.1, -0.05) is 0 Å². The van der Waals surface area contributed by atoms with E-state index >= 15 is 0 Å². The van der Waals surface area contributed by atoms with Crippen molar-refractivity contribution in [2.24, 2.45) is 0 Å². The summed E-state index contributed by atoms with van der Waals surface area (Å²) in [6, 6.07) is 0.324. The van der Waals surface area contributed by atoms with E-state index in [9.17, 15) is 0 Å². The predicted molar refractivity (Wildman–Crippen MR) is 36.1 cm³/mol. The first-order valence-electron chi connectivity index (χ1n) is 3.09. The summed E-state index contributed by atoms with van der Waals surface area (Å²) < 4.78 is 0. The van der Waals surface area contributed by atoms with Crippen molar-refractivity contribution in [1.29, 1.82) is 0 Å². The third-order valence-electron chi connectivity index (χ3n) is 1.41. The van der Waals surface area contributed by atoms with Crippen LogP contribution >= 0.6 is 0 Å². The fourth-order valence-electron chi connectivity index (χ4n) is 0.470. The van der Waals surface area contributed by atoms with Crippen LogP contribution in [-0.4, -0.2) is 26.3 Å². The first kappa shape index (κ1) is 8.88. The quantitative estimate of drug-likeness (QED) is 0.449. The summed E-state index contributed by atoms with van der Waals surface area (Å²) in [5.74, 6) is 0. The van der Waals surface area contributed by atoms with Crippen molar-refractivity contribution in [3.63, 3.8) is 0 Å². The Bertz CT molecular complexity index is 68.1. The van der Waals surface area contributed by atoms with Crippen LogP contribution in [0.2, 0.25) is 0 Å². The van der Waals surface area contributed by atoms with Gasteiger partial charge in [-0.2, -0.15) is 0 Å². The average Bonchev–Trinajstić information content (AvgIpc) is 1.87. The van der Waals surface area contributed by atoms with Gasteiger partial charge in [0.15, 0.2) is 0 Å². The molecule has 0 rings (SSSR count). The van der Waals surface area contributed by atoms with E-state index in [1.165, 1.54) is 7.11 Å². The lowest BCUT2D eigenvalue weighted by Gasteiger charge is -2.16. The van der Waals surface area contributed by atoms with Crippen molar-refractivity contribution in [2.45, 2.75) is 26.0 Å². The highest BCUT2D eigenvalue weighted by Crippen LogP contribution is 1.95. The topological polar surface area (TPSA) is 30.5 Å². The summed E-state index contributed by atoms with van der Waals surface area (Å²) in [4.78, 5) is 9.32. The molecule has 9 heavy (non-hydrogen) atoms. The summed E-state index contributed by atoms with van der Waals surface area (Å²) in [6.45, 7) is 3.98. The molecule has 0 saturated heterocycles. The van der Waals surface area contributed by atoms with E-state index < -0.39 is 0 Å². The van der Waals surface area contributed by atoms with E-state index in [4.69, 9.17) is 4.89 Å². The standard InChI is InChI=1S/C6H15NO2/c1-5(7-3)6(2)9-8-4/h5-7H,1-4H3/t5-,6?/m0/s1. The Hall–Kier alpha value is -0.120. The highest BCUT2D eigenvalue weighted by atomic mass is 17.2. The minimum absolute atomic E-state index is 0.0972. The lowest BCUT2D eigenvalue weighted by Crippen LogP contribution is -2.34. The van der Waals surface area contributed by atoms with Crippen LogP contribution in [0.4, 0.5) is 0 Å². The third kappa shape index (κ3) is 3.46. The summed E-state index contributed by atoms with van der Waals surface area (Å²) in [5.41, 5.74) is 0. The molecule has 1 N–H and O–H groups in total. The Labute approximate surface area is 56.3 Å². The first-order valence-corrected chi connectivity index (χ1v) is 3.09. The number of likely N-dealkylation sites (N-methyl/N-ethyl adjacent to an activating group) is 1. The molecule has 0 aliphatic heterocycles. The average molecular weight is 133 g/mol. The fraction of sp³-hybridized carbons (Fsp3) is 1.00. The van der Waals surface area contributed by atoms with E-state index in [-0.39, 0.29) is 6.10 Å². The Kier molecular flexibility index (Phi) is 4.67. The second-order valence-corrected chi connectivity index (χ2v) is 2.05. The van der Waals surface area contributed by atoms with Gasteiger partial charge in [0.25, 0.3) is 0 Å². The number of nitrogens with one attached hydrogen (secondary N) is 1. The van der Waals surface area contributed by atoms with Crippen LogP contribution in [0, 0.1) is 0 Å². The molecule has 0 radical (unpaired) electrons. The largest absolute Gasteiger partial charge is 0.315 e. The van der Waals surface area contributed by atoms with E-state index in [2.05, 4.69) is 10.2 Å². The second-order valence-electron chi connectivity index (χ2n) is 2.05. The van der Waals surface area contributed by atoms with E-state index in [1.807, 2.05) is 20.9 Å². The fourth-order valence-corrected chi connectivity index (χ4v) is 0.470. The van der Waals surface area contributed by atoms with E-state index in [0.29, 0.717) is 6.04 Å². The minimum Gasteiger partial charge on any atom is -0.315 e. The molecule has 56 valence electrons. The molecule has 2 atom stereocenters. The van der Waals surface area contributed by atoms with Gasteiger partial charge in [-0.05, 0) is 20.9 Å². The molecule has 0 spiro atoms. The van der Waals surface area contributed by atoms with E-state index in [1.54, 1.807) is 0 Å². The zero-order valence-corrected chi connectivity index (χ0v) is 6.47. The zero-order valence-electron chi connectivity index (χ0n) is 6.47. The van der Waals surface area contributed by atoms with Crippen LogP contribution in [0.5, 0.6) is 0 Å². The molecule has 0 bridgehead atoms. The van der Waals surface area contributed by atoms with Crippen LogP contribution in [0.3, 0.4) is 0 Å². The molecule has 0 aromatic rings. The summed E-state index contributed by atoms with van der Waals surface area (Å²) in [7, 11) is 3.40. The minimum atomic E-state index is 0.0972. The van der Waals surface area contributed by atoms with Gasteiger partial charge in [-0.25, -0.2) is 9.78 Å². The van der Waals surface area contributed by atoms with Crippen molar-refractivity contribution in [2.75, 3.05) is 14.2 Å². The smallest absolute Gasteiger partial charge is 0.105 e. The highest BCUT2D eigenvalue weighted by Gasteiger charge is 2.09. The van der Waals surface area contributed by atoms with Crippen LogP contribution in [-0.2, 0) is 9.78 Å². The van der Waals surface area contributed by atoms with Gasteiger partial charge in [-0.3, -0.25) is 0 Å². The zero-order chi connectivity index (χ0) is 7.28. The molecule has 3 nitrogen and oxygen atoms in total. The van der Waals surface area contributed by atoms with Crippen LogP contribution in [0.1, 0.15) is 13.8 Å². The van der Waals surface area contributed by atoms with Crippen molar-refractivity contribution < 1.29 is 9.78 Å². The van der Waals surface area contributed by atoms with Gasteiger partial charge in [0.2, 0.25) is 0 Å². The lowest BCUT2D eigenvalue weighted by atomic mass is 10.2. The monoisotopic (exact) mass is 133 g/mol. The normalized spacial score (nSPS) is 17.3.